The van der Waals surface area contributed by atoms with Gasteiger partial charge in [-0.05, 0) is 37.1 Å². The molecule has 4 aromatic rings. The molecule has 166 valence electrons. The summed E-state index contributed by atoms with van der Waals surface area (Å²) in [6, 6.07) is 7.65. The fourth-order valence-corrected chi connectivity index (χ4v) is 4.49. The highest BCUT2D eigenvalue weighted by molar-refractivity contribution is 5.66. The molecule has 0 spiro atoms. The normalized spacial score (nSPS) is 15.2. The van der Waals surface area contributed by atoms with Gasteiger partial charge in [0.05, 0.1) is 23.7 Å². The largest absolute Gasteiger partial charge is 0.395 e. The molecule has 0 bridgehead atoms. The van der Waals surface area contributed by atoms with Crippen molar-refractivity contribution in [3.63, 3.8) is 0 Å². The van der Waals surface area contributed by atoms with Crippen LogP contribution < -0.4 is 10.5 Å². The summed E-state index contributed by atoms with van der Waals surface area (Å²) in [6.45, 7) is 8.54. The first-order chi connectivity index (χ1) is 15.6. The van der Waals surface area contributed by atoms with Crippen LogP contribution in [0.2, 0.25) is 0 Å². The van der Waals surface area contributed by atoms with Gasteiger partial charge in [0, 0.05) is 62.9 Å². The van der Waals surface area contributed by atoms with Crippen LogP contribution in [0.25, 0.3) is 22.6 Å². The maximum absolute atomic E-state index is 13.0. The third kappa shape index (κ3) is 3.76. The van der Waals surface area contributed by atoms with Crippen LogP contribution in [0.3, 0.4) is 0 Å². The molecule has 0 amide bonds. The molecule has 0 atom stereocenters. The van der Waals surface area contributed by atoms with E-state index in [2.05, 4.69) is 27.8 Å². The number of hydrogen-bond acceptors (Lipinski definition) is 6. The number of β-amino-alcohol motifs (C(OH)–C–C–N with tert-alkyl or cyclic N) is 1. The van der Waals surface area contributed by atoms with E-state index in [4.69, 9.17) is 10.1 Å². The number of aliphatic hydroxyl groups is 1. The molecular formula is C24H28N6O2. The van der Waals surface area contributed by atoms with E-state index in [1.54, 1.807) is 10.5 Å². The van der Waals surface area contributed by atoms with Crippen molar-refractivity contribution in [2.24, 2.45) is 0 Å². The topological polar surface area (TPSA) is 78.4 Å². The number of hydrogen-bond donors (Lipinski definition) is 1. The standard InChI is InChI=1S/C24H28N6O2/c1-3-18-12-19(15-29-14-17(2)25-24(18)29)21-13-23(32)30-16-20(4-5-22(30)26-21)28-8-6-27(7-9-28)10-11-31/h4-5,12-16,31H,3,6-11H2,1-2H3. The zero-order valence-electron chi connectivity index (χ0n) is 18.5. The monoisotopic (exact) mass is 432 g/mol. The molecule has 32 heavy (non-hydrogen) atoms. The number of rotatable bonds is 5. The lowest BCUT2D eigenvalue weighted by molar-refractivity contribution is 0.189. The highest BCUT2D eigenvalue weighted by Crippen LogP contribution is 2.23. The van der Waals surface area contributed by atoms with Gasteiger partial charge in [0.15, 0.2) is 0 Å². The molecule has 0 saturated carbocycles. The van der Waals surface area contributed by atoms with Crippen molar-refractivity contribution in [1.82, 2.24) is 23.7 Å². The van der Waals surface area contributed by atoms with Gasteiger partial charge < -0.3 is 14.4 Å². The summed E-state index contributed by atoms with van der Waals surface area (Å²) >= 11 is 0. The van der Waals surface area contributed by atoms with E-state index < -0.39 is 0 Å². The molecule has 1 fully saturated rings. The minimum Gasteiger partial charge on any atom is -0.395 e. The molecule has 1 aliphatic rings. The van der Waals surface area contributed by atoms with Gasteiger partial charge in [-0.1, -0.05) is 6.92 Å². The van der Waals surface area contributed by atoms with E-state index in [1.807, 2.05) is 42.0 Å². The van der Waals surface area contributed by atoms with E-state index in [-0.39, 0.29) is 12.2 Å². The second-order valence-corrected chi connectivity index (χ2v) is 8.37. The fraction of sp³-hybridized carbons (Fsp3) is 0.375. The molecule has 1 saturated heterocycles. The van der Waals surface area contributed by atoms with Crippen LogP contribution in [0.1, 0.15) is 18.2 Å². The first kappa shape index (κ1) is 20.7. The molecule has 5 heterocycles. The molecule has 0 unspecified atom stereocenters. The van der Waals surface area contributed by atoms with Crippen molar-refractivity contribution < 1.29 is 5.11 Å². The molecule has 1 aliphatic heterocycles. The zero-order chi connectivity index (χ0) is 22.2. The Bertz CT molecular complexity index is 1330. The Morgan fingerprint density at radius 1 is 1.03 bits per heavy atom. The van der Waals surface area contributed by atoms with Crippen LogP contribution in [0, 0.1) is 6.92 Å². The number of fused-ring (bicyclic) bond motifs is 2. The number of aryl methyl sites for hydroxylation is 2. The number of aromatic nitrogens is 4. The van der Waals surface area contributed by atoms with Gasteiger partial charge in [-0.3, -0.25) is 14.1 Å². The summed E-state index contributed by atoms with van der Waals surface area (Å²) in [6.07, 6.45) is 6.73. The summed E-state index contributed by atoms with van der Waals surface area (Å²) in [7, 11) is 0. The van der Waals surface area contributed by atoms with Gasteiger partial charge in [0.25, 0.3) is 5.56 Å². The number of pyridine rings is 2. The lowest BCUT2D eigenvalue weighted by Gasteiger charge is -2.35. The van der Waals surface area contributed by atoms with Crippen molar-refractivity contribution in [3.8, 4) is 11.3 Å². The van der Waals surface area contributed by atoms with Crippen LogP contribution in [0.15, 0.2) is 47.7 Å². The lowest BCUT2D eigenvalue weighted by atomic mass is 10.1. The van der Waals surface area contributed by atoms with E-state index in [1.165, 1.54) is 0 Å². The second kappa shape index (κ2) is 8.37. The van der Waals surface area contributed by atoms with E-state index in [9.17, 15) is 4.79 Å². The Balaban J connectivity index is 1.49. The highest BCUT2D eigenvalue weighted by Gasteiger charge is 2.18. The average molecular weight is 433 g/mol. The quantitative estimate of drug-likeness (QED) is 0.520. The van der Waals surface area contributed by atoms with Gasteiger partial charge in [-0.25, -0.2) is 9.97 Å². The maximum atomic E-state index is 13.0. The number of imidazole rings is 1. The maximum Gasteiger partial charge on any atom is 0.258 e. The lowest BCUT2D eigenvalue weighted by Crippen LogP contribution is -2.47. The van der Waals surface area contributed by atoms with E-state index >= 15 is 0 Å². The zero-order valence-corrected chi connectivity index (χ0v) is 18.5. The second-order valence-electron chi connectivity index (χ2n) is 8.37. The van der Waals surface area contributed by atoms with Crippen molar-refractivity contribution in [3.05, 3.63) is 64.5 Å². The summed E-state index contributed by atoms with van der Waals surface area (Å²) in [5.41, 5.74) is 6.19. The van der Waals surface area contributed by atoms with Gasteiger partial charge in [-0.2, -0.15) is 0 Å². The average Bonchev–Trinajstić information content (AvgIpc) is 3.19. The third-order valence-electron chi connectivity index (χ3n) is 6.22. The summed E-state index contributed by atoms with van der Waals surface area (Å²) in [5.74, 6) is 0. The molecule has 4 aromatic heterocycles. The minimum absolute atomic E-state index is 0.0919. The molecule has 8 heteroatoms. The molecule has 1 N–H and O–H groups in total. The van der Waals surface area contributed by atoms with Gasteiger partial charge in [0.2, 0.25) is 0 Å². The first-order valence-corrected chi connectivity index (χ1v) is 11.2. The predicted octanol–water partition coefficient (Wildman–Crippen LogP) is 1.99. The number of nitrogens with zero attached hydrogens (tertiary/aromatic N) is 6. The third-order valence-corrected chi connectivity index (χ3v) is 6.22. The van der Waals surface area contributed by atoms with Crippen LogP contribution in [0.4, 0.5) is 5.69 Å². The number of aliphatic hydroxyl groups excluding tert-OH is 1. The van der Waals surface area contributed by atoms with Crippen molar-refractivity contribution in [2.45, 2.75) is 20.3 Å². The SMILES string of the molecule is CCc1cc(-c2cc(=O)n3cc(N4CCN(CCO)CC4)ccc3n2)cn2cc(C)nc12. The van der Waals surface area contributed by atoms with Crippen LogP contribution in [0.5, 0.6) is 0 Å². The Morgan fingerprint density at radius 2 is 1.84 bits per heavy atom. The van der Waals surface area contributed by atoms with Crippen molar-refractivity contribution in [2.75, 3.05) is 44.2 Å². The van der Waals surface area contributed by atoms with Crippen LogP contribution in [-0.2, 0) is 6.42 Å². The Morgan fingerprint density at radius 3 is 2.59 bits per heavy atom. The van der Waals surface area contributed by atoms with Crippen molar-refractivity contribution >= 4 is 17.0 Å². The smallest absolute Gasteiger partial charge is 0.258 e. The fourth-order valence-electron chi connectivity index (χ4n) is 4.49. The van der Waals surface area contributed by atoms with Crippen LogP contribution in [-0.4, -0.2) is 68.1 Å². The molecule has 8 nitrogen and oxygen atoms in total. The molecule has 0 aromatic carbocycles. The van der Waals surface area contributed by atoms with Gasteiger partial charge >= 0.3 is 0 Å². The highest BCUT2D eigenvalue weighted by atomic mass is 16.3. The molecular weight excluding hydrogens is 404 g/mol. The molecule has 5 rings (SSSR count). The minimum atomic E-state index is -0.0919. The number of anilines is 1. The van der Waals surface area contributed by atoms with Gasteiger partial charge in [-0.15, -0.1) is 0 Å². The predicted molar refractivity (Wildman–Crippen MR) is 126 cm³/mol. The first-order valence-electron chi connectivity index (χ1n) is 11.2. The summed E-state index contributed by atoms with van der Waals surface area (Å²) in [4.78, 5) is 26.9. The van der Waals surface area contributed by atoms with Gasteiger partial charge in [0.1, 0.15) is 11.3 Å². The van der Waals surface area contributed by atoms with E-state index in [0.717, 1.165) is 60.8 Å². The van der Waals surface area contributed by atoms with Crippen molar-refractivity contribution in [1.29, 1.82) is 0 Å². The Labute approximate surface area is 186 Å². The molecule has 0 aliphatic carbocycles. The summed E-state index contributed by atoms with van der Waals surface area (Å²) < 4.78 is 3.64. The Hall–Kier alpha value is -3.23. The molecule has 0 radical (unpaired) electrons. The Kier molecular flexibility index (Phi) is 5.40. The summed E-state index contributed by atoms with van der Waals surface area (Å²) in [5, 5.41) is 9.13. The van der Waals surface area contributed by atoms with Crippen LogP contribution >= 0.6 is 0 Å². The number of piperazine rings is 1. The van der Waals surface area contributed by atoms with E-state index in [0.29, 0.717) is 17.9 Å².